The first-order chi connectivity index (χ1) is 7.91. The number of hydrogen-bond acceptors (Lipinski definition) is 1. The molecule has 1 atom stereocenters. The summed E-state index contributed by atoms with van der Waals surface area (Å²) in [5.41, 5.74) is 1.53. The molecular weight excluding hydrogens is 212 g/mol. The van der Waals surface area contributed by atoms with Gasteiger partial charge in [0.2, 0.25) is 0 Å². The van der Waals surface area contributed by atoms with Gasteiger partial charge in [-0.05, 0) is 41.9 Å². The van der Waals surface area contributed by atoms with Gasteiger partial charge in [-0.25, -0.2) is 4.79 Å². The molecule has 0 heterocycles. The molecule has 0 spiro atoms. The highest BCUT2D eigenvalue weighted by molar-refractivity contribution is 5.87. The van der Waals surface area contributed by atoms with E-state index in [1.165, 1.54) is 0 Å². The van der Waals surface area contributed by atoms with E-state index in [-0.39, 0.29) is 0 Å². The van der Waals surface area contributed by atoms with Crippen LogP contribution in [0.15, 0.2) is 24.3 Å². The van der Waals surface area contributed by atoms with Gasteiger partial charge >= 0.3 is 5.97 Å². The van der Waals surface area contributed by atoms with Crippen molar-refractivity contribution in [3.8, 4) is 0 Å². The molecule has 17 heavy (non-hydrogen) atoms. The molecule has 94 valence electrons. The Morgan fingerprint density at radius 3 is 2.35 bits per heavy atom. The molecule has 0 amide bonds. The van der Waals surface area contributed by atoms with E-state index in [2.05, 4.69) is 27.7 Å². The maximum Gasteiger partial charge on any atom is 0.335 e. The summed E-state index contributed by atoms with van der Waals surface area (Å²) in [5, 5.41) is 9.01. The molecule has 0 aliphatic rings. The van der Waals surface area contributed by atoms with Gasteiger partial charge < -0.3 is 5.11 Å². The van der Waals surface area contributed by atoms with Crippen LogP contribution in [0.1, 0.15) is 56.0 Å². The molecule has 1 aromatic carbocycles. The third-order valence-electron chi connectivity index (χ3n) is 3.09. The van der Waals surface area contributed by atoms with Crippen LogP contribution in [-0.2, 0) is 0 Å². The lowest BCUT2D eigenvalue weighted by atomic mass is 9.82. The molecule has 1 N–H and O–H groups in total. The summed E-state index contributed by atoms with van der Waals surface area (Å²) < 4.78 is 0. The van der Waals surface area contributed by atoms with Gasteiger partial charge in [0, 0.05) is 0 Å². The van der Waals surface area contributed by atoms with Crippen molar-refractivity contribution < 1.29 is 9.90 Å². The molecule has 0 saturated heterocycles. The smallest absolute Gasteiger partial charge is 0.335 e. The largest absolute Gasteiger partial charge is 0.478 e. The summed E-state index contributed by atoms with van der Waals surface area (Å²) in [7, 11) is 0. The number of rotatable bonds is 5. The van der Waals surface area contributed by atoms with Crippen molar-refractivity contribution in [3.05, 3.63) is 35.4 Å². The topological polar surface area (TPSA) is 37.3 Å². The minimum atomic E-state index is -0.848. The lowest BCUT2D eigenvalue weighted by Crippen LogP contribution is -2.11. The molecule has 0 aromatic heterocycles. The molecule has 2 heteroatoms. The molecule has 0 aliphatic carbocycles. The zero-order valence-electron chi connectivity index (χ0n) is 11.1. The van der Waals surface area contributed by atoms with E-state index >= 15 is 0 Å². The normalized spacial score (nSPS) is 13.1. The maximum absolute atomic E-state index is 11.0. The highest BCUT2D eigenvalue weighted by atomic mass is 16.4. The predicted molar refractivity (Wildman–Crippen MR) is 70.4 cm³/mol. The summed E-state index contributed by atoms with van der Waals surface area (Å²) in [6.45, 7) is 8.80. The fraction of sp³-hybridized carbons (Fsp3) is 0.533. The zero-order chi connectivity index (χ0) is 13.0. The van der Waals surface area contributed by atoms with Gasteiger partial charge in [0.25, 0.3) is 0 Å². The molecular formula is C15H22O2. The Labute approximate surface area is 104 Å². The first-order valence-electron chi connectivity index (χ1n) is 6.25. The van der Waals surface area contributed by atoms with Crippen LogP contribution in [0.3, 0.4) is 0 Å². The van der Waals surface area contributed by atoms with Gasteiger partial charge in [-0.1, -0.05) is 39.8 Å². The highest BCUT2D eigenvalue weighted by Crippen LogP contribution is 2.31. The minimum Gasteiger partial charge on any atom is -0.478 e. The lowest BCUT2D eigenvalue weighted by Gasteiger charge is -2.23. The van der Waals surface area contributed by atoms with Crippen molar-refractivity contribution >= 4 is 5.97 Å². The van der Waals surface area contributed by atoms with Crippen LogP contribution in [0.2, 0.25) is 0 Å². The Kier molecular flexibility index (Phi) is 4.73. The first-order valence-corrected chi connectivity index (χ1v) is 6.25. The number of carboxylic acids is 1. The number of carboxylic acid groups (broad SMARTS) is 1. The molecule has 1 rings (SSSR count). The van der Waals surface area contributed by atoms with E-state index in [9.17, 15) is 4.79 Å². The number of carbonyl (C=O) groups is 1. The van der Waals surface area contributed by atoms with E-state index in [1.807, 2.05) is 18.2 Å². The third-order valence-corrected chi connectivity index (χ3v) is 3.09. The minimum absolute atomic E-state index is 0.386. The second-order valence-corrected chi connectivity index (χ2v) is 5.41. The second-order valence-electron chi connectivity index (χ2n) is 5.41. The summed E-state index contributed by atoms with van der Waals surface area (Å²) in [6.07, 6.45) is 1.10. The Morgan fingerprint density at radius 2 is 1.88 bits per heavy atom. The quantitative estimate of drug-likeness (QED) is 0.830. The van der Waals surface area contributed by atoms with E-state index in [0.29, 0.717) is 23.3 Å². The molecule has 1 unspecified atom stereocenters. The van der Waals surface area contributed by atoms with Crippen LogP contribution in [0.4, 0.5) is 0 Å². The van der Waals surface area contributed by atoms with E-state index in [0.717, 1.165) is 12.0 Å². The maximum atomic E-state index is 11.0. The van der Waals surface area contributed by atoms with Gasteiger partial charge in [0.05, 0.1) is 5.56 Å². The molecule has 0 radical (unpaired) electrons. The van der Waals surface area contributed by atoms with Crippen molar-refractivity contribution in [2.75, 3.05) is 0 Å². The van der Waals surface area contributed by atoms with Crippen LogP contribution in [0.25, 0.3) is 0 Å². The molecule has 0 aliphatic heterocycles. The fourth-order valence-corrected chi connectivity index (χ4v) is 2.20. The zero-order valence-corrected chi connectivity index (χ0v) is 11.1. The van der Waals surface area contributed by atoms with Crippen LogP contribution in [-0.4, -0.2) is 11.1 Å². The van der Waals surface area contributed by atoms with E-state index < -0.39 is 5.97 Å². The van der Waals surface area contributed by atoms with Gasteiger partial charge in [-0.2, -0.15) is 0 Å². The summed E-state index contributed by atoms with van der Waals surface area (Å²) >= 11 is 0. The first kappa shape index (κ1) is 13.8. The average molecular weight is 234 g/mol. The average Bonchev–Trinajstić information content (AvgIpc) is 2.25. The molecule has 2 nitrogen and oxygen atoms in total. The standard InChI is InChI=1S/C15H22O2/c1-10(2)8-14(11(3)4)12-6-5-7-13(9-12)15(16)17/h5-7,9-11,14H,8H2,1-4H3,(H,16,17). The third kappa shape index (κ3) is 3.88. The molecule has 0 saturated carbocycles. The monoisotopic (exact) mass is 234 g/mol. The fourth-order valence-electron chi connectivity index (χ4n) is 2.20. The van der Waals surface area contributed by atoms with Crippen molar-refractivity contribution in [3.63, 3.8) is 0 Å². The summed E-state index contributed by atoms with van der Waals surface area (Å²) in [4.78, 5) is 11.0. The van der Waals surface area contributed by atoms with Crippen LogP contribution in [0, 0.1) is 11.8 Å². The Morgan fingerprint density at radius 1 is 1.24 bits per heavy atom. The lowest BCUT2D eigenvalue weighted by molar-refractivity contribution is 0.0696. The number of hydrogen-bond donors (Lipinski definition) is 1. The van der Waals surface area contributed by atoms with Gasteiger partial charge in [-0.15, -0.1) is 0 Å². The Balaban J connectivity index is 3.01. The second kappa shape index (κ2) is 5.85. The van der Waals surface area contributed by atoms with Gasteiger partial charge in [0.15, 0.2) is 0 Å². The SMILES string of the molecule is CC(C)CC(c1cccc(C(=O)O)c1)C(C)C. The summed E-state index contributed by atoms with van der Waals surface area (Å²) in [5.74, 6) is 0.741. The van der Waals surface area contributed by atoms with Crippen LogP contribution in [0.5, 0.6) is 0 Å². The van der Waals surface area contributed by atoms with Crippen LogP contribution < -0.4 is 0 Å². The Hall–Kier alpha value is -1.31. The van der Waals surface area contributed by atoms with Crippen molar-refractivity contribution in [2.45, 2.75) is 40.0 Å². The van der Waals surface area contributed by atoms with Crippen molar-refractivity contribution in [2.24, 2.45) is 11.8 Å². The number of benzene rings is 1. The predicted octanol–water partition coefficient (Wildman–Crippen LogP) is 4.17. The van der Waals surface area contributed by atoms with E-state index in [4.69, 9.17) is 5.11 Å². The number of aromatic carboxylic acids is 1. The van der Waals surface area contributed by atoms with Crippen molar-refractivity contribution in [1.29, 1.82) is 0 Å². The molecule has 0 bridgehead atoms. The molecule has 1 aromatic rings. The Bertz CT molecular complexity index is 380. The van der Waals surface area contributed by atoms with Crippen LogP contribution >= 0.6 is 0 Å². The van der Waals surface area contributed by atoms with Crippen molar-refractivity contribution in [1.82, 2.24) is 0 Å². The van der Waals surface area contributed by atoms with Gasteiger partial charge in [-0.3, -0.25) is 0 Å². The van der Waals surface area contributed by atoms with E-state index in [1.54, 1.807) is 6.07 Å². The summed E-state index contributed by atoms with van der Waals surface area (Å²) in [6, 6.07) is 7.35. The molecule has 0 fully saturated rings. The highest BCUT2D eigenvalue weighted by Gasteiger charge is 2.18. The van der Waals surface area contributed by atoms with Gasteiger partial charge in [0.1, 0.15) is 0 Å².